The molecule has 20 heavy (non-hydrogen) atoms. The zero-order chi connectivity index (χ0) is 14.4. The van der Waals surface area contributed by atoms with Crippen molar-refractivity contribution in [1.29, 1.82) is 0 Å². The van der Waals surface area contributed by atoms with Crippen molar-refractivity contribution in [3.05, 3.63) is 46.5 Å². The Morgan fingerprint density at radius 1 is 1.50 bits per heavy atom. The Hall–Kier alpha value is -1.82. The van der Waals surface area contributed by atoms with Gasteiger partial charge in [-0.05, 0) is 40.0 Å². The molecule has 2 rings (SSSR count). The van der Waals surface area contributed by atoms with E-state index in [1.165, 1.54) is 0 Å². The van der Waals surface area contributed by atoms with Crippen molar-refractivity contribution in [2.45, 2.75) is 19.4 Å². The van der Waals surface area contributed by atoms with Gasteiger partial charge < -0.3 is 15.0 Å². The van der Waals surface area contributed by atoms with E-state index in [0.717, 1.165) is 21.5 Å². The first-order valence-corrected chi connectivity index (χ1v) is 7.04. The molecule has 0 aliphatic heterocycles. The predicted molar refractivity (Wildman–Crippen MR) is 79.4 cm³/mol. The topological polar surface area (TPSA) is 67.0 Å². The molecule has 0 unspecified atom stereocenters. The van der Waals surface area contributed by atoms with E-state index < -0.39 is 0 Å². The number of H-pyrrole nitrogens is 1. The van der Waals surface area contributed by atoms with Crippen molar-refractivity contribution in [2.75, 3.05) is 7.11 Å². The quantitative estimate of drug-likeness (QED) is 0.850. The summed E-state index contributed by atoms with van der Waals surface area (Å²) in [6, 6.07) is 5.83. The van der Waals surface area contributed by atoms with Crippen LogP contribution in [0.4, 0.5) is 0 Å². The lowest BCUT2D eigenvalue weighted by molar-refractivity contribution is -0.121. The van der Waals surface area contributed by atoms with Gasteiger partial charge in [-0.3, -0.25) is 4.79 Å². The number of hydrogen-bond acceptors (Lipinski definition) is 3. The summed E-state index contributed by atoms with van der Waals surface area (Å²) in [4.78, 5) is 18.6. The van der Waals surface area contributed by atoms with E-state index >= 15 is 0 Å². The van der Waals surface area contributed by atoms with Crippen LogP contribution in [0.15, 0.2) is 35.2 Å². The number of imidazole rings is 1. The molecule has 106 valence electrons. The lowest BCUT2D eigenvalue weighted by atomic mass is 10.1. The van der Waals surface area contributed by atoms with Crippen LogP contribution in [0.3, 0.4) is 0 Å². The minimum absolute atomic E-state index is 0.0199. The van der Waals surface area contributed by atoms with Gasteiger partial charge in [-0.2, -0.15) is 0 Å². The van der Waals surface area contributed by atoms with E-state index in [2.05, 4.69) is 31.2 Å². The van der Waals surface area contributed by atoms with Gasteiger partial charge in [0.15, 0.2) is 0 Å². The fourth-order valence-electron chi connectivity index (χ4n) is 1.79. The van der Waals surface area contributed by atoms with E-state index in [9.17, 15) is 4.79 Å². The van der Waals surface area contributed by atoms with Crippen LogP contribution in [-0.2, 0) is 17.8 Å². The number of benzene rings is 1. The second kappa shape index (κ2) is 7.09. The highest BCUT2D eigenvalue weighted by atomic mass is 79.9. The van der Waals surface area contributed by atoms with Gasteiger partial charge in [0, 0.05) is 12.6 Å². The van der Waals surface area contributed by atoms with Gasteiger partial charge in [0.25, 0.3) is 0 Å². The first-order valence-electron chi connectivity index (χ1n) is 6.25. The molecular formula is C14H16BrN3O2. The van der Waals surface area contributed by atoms with Crippen molar-refractivity contribution in [3.8, 4) is 5.75 Å². The lowest BCUT2D eigenvalue weighted by Crippen LogP contribution is -2.23. The van der Waals surface area contributed by atoms with E-state index in [1.54, 1.807) is 19.6 Å². The molecule has 1 aromatic carbocycles. The van der Waals surface area contributed by atoms with Gasteiger partial charge in [0.2, 0.25) is 5.91 Å². The van der Waals surface area contributed by atoms with Gasteiger partial charge in [-0.15, -0.1) is 0 Å². The lowest BCUT2D eigenvalue weighted by Gasteiger charge is -2.07. The Morgan fingerprint density at radius 3 is 3.00 bits per heavy atom. The Labute approximate surface area is 125 Å². The third-order valence-electron chi connectivity index (χ3n) is 2.89. The molecule has 0 fully saturated rings. The van der Waals surface area contributed by atoms with E-state index in [1.807, 2.05) is 18.2 Å². The highest BCUT2D eigenvalue weighted by molar-refractivity contribution is 9.10. The maximum atomic E-state index is 11.7. The number of hydrogen-bond donors (Lipinski definition) is 2. The van der Waals surface area contributed by atoms with Gasteiger partial charge >= 0.3 is 0 Å². The van der Waals surface area contributed by atoms with Crippen LogP contribution in [-0.4, -0.2) is 23.0 Å². The molecule has 0 saturated carbocycles. The van der Waals surface area contributed by atoms with Crippen LogP contribution in [0.1, 0.15) is 17.7 Å². The van der Waals surface area contributed by atoms with Crippen LogP contribution in [0.2, 0.25) is 0 Å². The summed E-state index contributed by atoms with van der Waals surface area (Å²) >= 11 is 3.43. The number of halogens is 1. The monoisotopic (exact) mass is 337 g/mol. The van der Waals surface area contributed by atoms with Crippen molar-refractivity contribution < 1.29 is 9.53 Å². The van der Waals surface area contributed by atoms with Gasteiger partial charge in [-0.25, -0.2) is 4.98 Å². The van der Waals surface area contributed by atoms with Crippen LogP contribution < -0.4 is 10.1 Å². The Morgan fingerprint density at radius 2 is 2.35 bits per heavy atom. The summed E-state index contributed by atoms with van der Waals surface area (Å²) < 4.78 is 6.07. The average molecular weight is 338 g/mol. The maximum Gasteiger partial charge on any atom is 0.220 e. The molecule has 0 spiro atoms. The molecule has 0 saturated heterocycles. The minimum Gasteiger partial charge on any atom is -0.496 e. The highest BCUT2D eigenvalue weighted by Crippen LogP contribution is 2.25. The number of nitrogens with one attached hydrogen (secondary N) is 2. The number of amides is 1. The second-order valence-electron chi connectivity index (χ2n) is 4.32. The molecule has 0 atom stereocenters. The number of carbonyl (C=O) groups is 1. The summed E-state index contributed by atoms with van der Waals surface area (Å²) in [5.74, 6) is 0.809. The number of ether oxygens (including phenoxy) is 1. The largest absolute Gasteiger partial charge is 0.496 e. The first kappa shape index (κ1) is 14.6. The van der Waals surface area contributed by atoms with Gasteiger partial charge in [0.05, 0.1) is 30.1 Å². The smallest absolute Gasteiger partial charge is 0.220 e. The van der Waals surface area contributed by atoms with Gasteiger partial charge in [-0.1, -0.05) is 6.07 Å². The fraction of sp³-hybridized carbons (Fsp3) is 0.286. The van der Waals surface area contributed by atoms with Crippen molar-refractivity contribution in [2.24, 2.45) is 0 Å². The van der Waals surface area contributed by atoms with Crippen LogP contribution in [0.5, 0.6) is 5.75 Å². The molecule has 0 radical (unpaired) electrons. The van der Waals surface area contributed by atoms with E-state index in [-0.39, 0.29) is 5.91 Å². The molecule has 2 N–H and O–H groups in total. The molecule has 0 aliphatic carbocycles. The zero-order valence-electron chi connectivity index (χ0n) is 11.1. The maximum absolute atomic E-state index is 11.7. The third kappa shape index (κ3) is 4.09. The summed E-state index contributed by atoms with van der Waals surface area (Å²) in [5.41, 5.74) is 1.99. The summed E-state index contributed by atoms with van der Waals surface area (Å²) in [6.07, 6.45) is 4.43. The third-order valence-corrected chi connectivity index (χ3v) is 3.51. The first-order chi connectivity index (χ1) is 9.69. The van der Waals surface area contributed by atoms with E-state index in [0.29, 0.717) is 19.4 Å². The number of methoxy groups -OCH3 is 1. The van der Waals surface area contributed by atoms with Crippen molar-refractivity contribution >= 4 is 21.8 Å². The molecule has 5 nitrogen and oxygen atoms in total. The Bertz CT molecular complexity index is 570. The summed E-state index contributed by atoms with van der Waals surface area (Å²) in [7, 11) is 1.63. The second-order valence-corrected chi connectivity index (χ2v) is 5.18. The Balaban J connectivity index is 1.79. The number of rotatable bonds is 6. The normalized spacial score (nSPS) is 10.3. The van der Waals surface area contributed by atoms with Gasteiger partial charge in [0.1, 0.15) is 5.75 Å². The fourth-order valence-corrected chi connectivity index (χ4v) is 2.37. The minimum atomic E-state index is 0.0199. The standard InChI is InChI=1S/C14H16BrN3O2/c1-20-13-4-2-10(6-12(13)15)3-5-14(19)17-8-11-7-16-9-18-11/h2,4,6-7,9H,3,5,8H2,1H3,(H,16,18)(H,17,19). The number of aromatic amines is 1. The number of aromatic nitrogens is 2. The number of nitrogens with zero attached hydrogens (tertiary/aromatic N) is 1. The van der Waals surface area contributed by atoms with Crippen molar-refractivity contribution in [1.82, 2.24) is 15.3 Å². The Kier molecular flexibility index (Phi) is 5.17. The van der Waals surface area contributed by atoms with Crippen LogP contribution in [0, 0.1) is 0 Å². The van der Waals surface area contributed by atoms with E-state index in [4.69, 9.17) is 4.74 Å². The molecule has 1 aromatic heterocycles. The molecular weight excluding hydrogens is 322 g/mol. The zero-order valence-corrected chi connectivity index (χ0v) is 12.7. The number of aryl methyl sites for hydroxylation is 1. The van der Waals surface area contributed by atoms with Crippen molar-refractivity contribution in [3.63, 3.8) is 0 Å². The molecule has 0 bridgehead atoms. The highest BCUT2D eigenvalue weighted by Gasteiger charge is 2.05. The molecule has 1 heterocycles. The number of carbonyl (C=O) groups excluding carboxylic acids is 1. The van der Waals surface area contributed by atoms with Crippen LogP contribution >= 0.6 is 15.9 Å². The summed E-state index contributed by atoms with van der Waals surface area (Å²) in [6.45, 7) is 0.477. The average Bonchev–Trinajstić information content (AvgIpc) is 2.96. The molecule has 1 amide bonds. The molecule has 2 aromatic rings. The molecule has 6 heteroatoms. The SMILES string of the molecule is COc1ccc(CCC(=O)NCc2cnc[nH]2)cc1Br. The predicted octanol–water partition coefficient (Wildman–Crippen LogP) is 2.43. The molecule has 0 aliphatic rings. The summed E-state index contributed by atoms with van der Waals surface area (Å²) in [5, 5.41) is 2.85. The van der Waals surface area contributed by atoms with Crippen LogP contribution in [0.25, 0.3) is 0 Å².